The zero-order valence-electron chi connectivity index (χ0n) is 10.4. The molecule has 2 aromatic rings. The summed E-state index contributed by atoms with van der Waals surface area (Å²) in [6, 6.07) is 6.77. The molecule has 0 atom stereocenters. The molecule has 102 valence electrons. The minimum absolute atomic E-state index is 0.653. The van der Waals surface area contributed by atoms with E-state index in [1.54, 1.807) is 6.07 Å². The van der Waals surface area contributed by atoms with E-state index in [1.165, 1.54) is 12.1 Å². The van der Waals surface area contributed by atoms with Crippen LogP contribution in [0.25, 0.3) is 11.3 Å². The second kappa shape index (κ2) is 5.34. The number of nitrogens with one attached hydrogen (secondary N) is 2. The maximum atomic E-state index is 12.4. The van der Waals surface area contributed by atoms with E-state index in [4.69, 9.17) is 0 Å². The third kappa shape index (κ3) is 3.27. The van der Waals surface area contributed by atoms with Crippen molar-refractivity contribution in [3.63, 3.8) is 0 Å². The Balaban J connectivity index is 2.16. The summed E-state index contributed by atoms with van der Waals surface area (Å²) in [6.07, 6.45) is -3.33. The summed E-state index contributed by atoms with van der Waals surface area (Å²) in [4.78, 5) is 0. The Bertz CT molecular complexity index is 529. The highest BCUT2D eigenvalue weighted by Gasteiger charge is 2.29. The van der Waals surface area contributed by atoms with Crippen LogP contribution >= 0.6 is 0 Å². The quantitative estimate of drug-likeness (QED) is 0.883. The van der Waals surface area contributed by atoms with E-state index in [-0.39, 0.29) is 0 Å². The van der Waals surface area contributed by atoms with Gasteiger partial charge in [-0.1, -0.05) is 19.1 Å². The first kappa shape index (κ1) is 13.5. The smallest absolute Gasteiger partial charge is 0.369 e. The highest BCUT2D eigenvalue weighted by atomic mass is 19.4. The third-order valence-electron chi connectivity index (χ3n) is 2.66. The molecular weight excluding hydrogens is 255 g/mol. The number of benzene rings is 1. The van der Waals surface area contributed by atoms with E-state index in [2.05, 4.69) is 15.5 Å². The first-order valence-corrected chi connectivity index (χ1v) is 5.97. The van der Waals surface area contributed by atoms with Crippen molar-refractivity contribution in [1.82, 2.24) is 10.2 Å². The molecule has 0 aliphatic rings. The van der Waals surface area contributed by atoms with E-state index in [0.29, 0.717) is 17.1 Å². The molecule has 6 heteroatoms. The molecule has 1 heterocycles. The molecular formula is C13H14F3N3. The molecule has 0 aliphatic carbocycles. The van der Waals surface area contributed by atoms with Crippen molar-refractivity contribution in [2.45, 2.75) is 19.5 Å². The number of rotatable bonds is 4. The van der Waals surface area contributed by atoms with E-state index < -0.39 is 11.7 Å². The molecule has 0 radical (unpaired) electrons. The highest BCUT2D eigenvalue weighted by molar-refractivity contribution is 5.63. The summed E-state index contributed by atoms with van der Waals surface area (Å²) >= 11 is 0. The van der Waals surface area contributed by atoms with E-state index in [9.17, 15) is 13.2 Å². The molecule has 1 aromatic heterocycles. The van der Waals surface area contributed by atoms with E-state index >= 15 is 0 Å². The Hall–Kier alpha value is -1.98. The predicted octanol–water partition coefficient (Wildman–Crippen LogP) is 3.92. The van der Waals surface area contributed by atoms with Crippen molar-refractivity contribution in [2.75, 3.05) is 11.9 Å². The zero-order valence-corrected chi connectivity index (χ0v) is 10.4. The lowest BCUT2D eigenvalue weighted by molar-refractivity contribution is -0.137. The summed E-state index contributed by atoms with van der Waals surface area (Å²) in [5.74, 6) is 0.691. The Kier molecular flexibility index (Phi) is 3.78. The van der Waals surface area contributed by atoms with Gasteiger partial charge >= 0.3 is 6.18 Å². The van der Waals surface area contributed by atoms with Crippen molar-refractivity contribution in [3.05, 3.63) is 35.9 Å². The maximum Gasteiger partial charge on any atom is 0.416 e. The fourth-order valence-corrected chi connectivity index (χ4v) is 1.65. The minimum atomic E-state index is -4.31. The number of alkyl halides is 3. The minimum Gasteiger partial charge on any atom is -0.369 e. The number of nitrogens with zero attached hydrogens (tertiary/aromatic N) is 1. The molecule has 19 heavy (non-hydrogen) atoms. The Morgan fingerprint density at radius 3 is 2.47 bits per heavy atom. The molecule has 2 rings (SSSR count). The van der Waals surface area contributed by atoms with Gasteiger partial charge in [-0.25, -0.2) is 0 Å². The topological polar surface area (TPSA) is 40.7 Å². The second-order valence-electron chi connectivity index (χ2n) is 4.17. The van der Waals surface area contributed by atoms with Gasteiger partial charge in [-0.3, -0.25) is 5.10 Å². The number of aromatic nitrogens is 2. The van der Waals surface area contributed by atoms with Gasteiger partial charge in [-0.2, -0.15) is 18.3 Å². The van der Waals surface area contributed by atoms with Crippen LogP contribution < -0.4 is 5.32 Å². The largest absolute Gasteiger partial charge is 0.416 e. The zero-order chi connectivity index (χ0) is 13.9. The first-order valence-electron chi connectivity index (χ1n) is 5.97. The Morgan fingerprint density at radius 1 is 1.21 bits per heavy atom. The monoisotopic (exact) mass is 269 g/mol. The predicted molar refractivity (Wildman–Crippen MR) is 67.8 cm³/mol. The number of halogens is 3. The summed E-state index contributed by atoms with van der Waals surface area (Å²) in [6.45, 7) is 2.84. The number of anilines is 1. The van der Waals surface area contributed by atoms with Gasteiger partial charge in [0, 0.05) is 12.6 Å². The maximum absolute atomic E-state index is 12.4. The lowest BCUT2D eigenvalue weighted by Crippen LogP contribution is -2.03. The summed E-state index contributed by atoms with van der Waals surface area (Å²) in [7, 11) is 0. The van der Waals surface area contributed by atoms with E-state index in [0.717, 1.165) is 25.1 Å². The fraction of sp³-hybridized carbons (Fsp3) is 0.308. The molecule has 0 bridgehead atoms. The van der Waals surface area contributed by atoms with Crippen LogP contribution in [0, 0.1) is 0 Å². The van der Waals surface area contributed by atoms with Crippen LogP contribution in [-0.2, 0) is 6.18 Å². The molecule has 0 aliphatic heterocycles. The molecule has 0 saturated carbocycles. The Morgan fingerprint density at radius 2 is 1.89 bits per heavy atom. The van der Waals surface area contributed by atoms with Crippen LogP contribution in [0.4, 0.5) is 19.0 Å². The van der Waals surface area contributed by atoms with Gasteiger partial charge in [0.1, 0.15) is 5.82 Å². The highest BCUT2D eigenvalue weighted by Crippen LogP contribution is 2.30. The lowest BCUT2D eigenvalue weighted by Gasteiger charge is -2.06. The van der Waals surface area contributed by atoms with Crippen molar-refractivity contribution >= 4 is 5.82 Å². The van der Waals surface area contributed by atoms with Gasteiger partial charge in [-0.15, -0.1) is 0 Å². The fourth-order valence-electron chi connectivity index (χ4n) is 1.65. The van der Waals surface area contributed by atoms with Crippen LogP contribution in [0.1, 0.15) is 18.9 Å². The van der Waals surface area contributed by atoms with Crippen molar-refractivity contribution < 1.29 is 13.2 Å². The summed E-state index contributed by atoms with van der Waals surface area (Å²) in [5, 5.41) is 9.94. The molecule has 0 amide bonds. The standard InChI is InChI=1S/C13H14F3N3/c1-2-7-17-12-8-11(18-19-12)9-3-5-10(6-4-9)13(14,15)16/h3-6,8H,2,7H2,1H3,(H2,17,18,19). The molecule has 1 aromatic carbocycles. The summed E-state index contributed by atoms with van der Waals surface area (Å²) < 4.78 is 37.3. The molecule has 0 spiro atoms. The number of hydrogen-bond acceptors (Lipinski definition) is 2. The van der Waals surface area contributed by atoms with Crippen molar-refractivity contribution in [2.24, 2.45) is 0 Å². The van der Waals surface area contributed by atoms with Crippen LogP contribution in [-0.4, -0.2) is 16.7 Å². The Labute approximate surface area is 108 Å². The molecule has 0 unspecified atom stereocenters. The van der Waals surface area contributed by atoms with E-state index in [1.807, 2.05) is 6.92 Å². The van der Waals surface area contributed by atoms with Gasteiger partial charge in [-0.05, 0) is 24.1 Å². The van der Waals surface area contributed by atoms with Gasteiger partial charge in [0.2, 0.25) is 0 Å². The van der Waals surface area contributed by atoms with Crippen LogP contribution in [0.15, 0.2) is 30.3 Å². The molecule has 0 fully saturated rings. The van der Waals surface area contributed by atoms with Gasteiger partial charge in [0.15, 0.2) is 0 Å². The average Bonchev–Trinajstić information content (AvgIpc) is 2.84. The lowest BCUT2D eigenvalue weighted by atomic mass is 10.1. The van der Waals surface area contributed by atoms with Crippen LogP contribution in [0.5, 0.6) is 0 Å². The SMILES string of the molecule is CCCNc1cc(-c2ccc(C(F)(F)F)cc2)[nH]n1. The van der Waals surface area contributed by atoms with Crippen molar-refractivity contribution in [1.29, 1.82) is 0 Å². The van der Waals surface area contributed by atoms with Crippen molar-refractivity contribution in [3.8, 4) is 11.3 Å². The summed E-state index contributed by atoms with van der Waals surface area (Å²) in [5.41, 5.74) is 0.706. The number of H-pyrrole nitrogens is 1. The van der Waals surface area contributed by atoms with Crippen LogP contribution in [0.3, 0.4) is 0 Å². The third-order valence-corrected chi connectivity index (χ3v) is 2.66. The normalized spacial score (nSPS) is 11.6. The first-order chi connectivity index (χ1) is 9.00. The average molecular weight is 269 g/mol. The second-order valence-corrected chi connectivity index (χ2v) is 4.17. The molecule has 0 saturated heterocycles. The van der Waals surface area contributed by atoms with Gasteiger partial charge in [0.25, 0.3) is 0 Å². The number of hydrogen-bond donors (Lipinski definition) is 2. The van der Waals surface area contributed by atoms with Crippen LogP contribution in [0.2, 0.25) is 0 Å². The molecule has 3 nitrogen and oxygen atoms in total. The molecule has 2 N–H and O–H groups in total. The van der Waals surface area contributed by atoms with Gasteiger partial charge in [0.05, 0.1) is 11.3 Å². The van der Waals surface area contributed by atoms with Gasteiger partial charge < -0.3 is 5.32 Å². The number of aromatic amines is 1.